The van der Waals surface area contributed by atoms with Gasteiger partial charge in [0.15, 0.2) is 0 Å². The van der Waals surface area contributed by atoms with Gasteiger partial charge in [0.2, 0.25) is 0 Å². The van der Waals surface area contributed by atoms with Crippen molar-refractivity contribution in [2.45, 2.75) is 19.9 Å². The van der Waals surface area contributed by atoms with Crippen LogP contribution in [-0.2, 0) is 9.59 Å². The number of benzene rings is 2. The SMILES string of the molecule is Cc1cc(C)cc(N2C(=O)C(=O)/C(=C(\O)c3ccc4c(c3)N(C)CCO4)C2c2cccs2)c1. The van der Waals surface area contributed by atoms with Crippen molar-refractivity contribution in [1.82, 2.24) is 0 Å². The Balaban J connectivity index is 1.69. The molecule has 1 aromatic heterocycles. The lowest BCUT2D eigenvalue weighted by Crippen LogP contribution is -2.29. The van der Waals surface area contributed by atoms with Crippen molar-refractivity contribution in [3.05, 3.63) is 81.1 Å². The quantitative estimate of drug-likeness (QED) is 0.345. The molecule has 1 saturated heterocycles. The van der Waals surface area contributed by atoms with Crippen molar-refractivity contribution in [2.75, 3.05) is 30.0 Å². The van der Waals surface area contributed by atoms with Crippen LogP contribution in [-0.4, -0.2) is 37.0 Å². The lowest BCUT2D eigenvalue weighted by Gasteiger charge is -2.28. The number of anilines is 2. The van der Waals surface area contributed by atoms with Gasteiger partial charge in [-0.3, -0.25) is 14.5 Å². The van der Waals surface area contributed by atoms with Crippen LogP contribution >= 0.6 is 11.3 Å². The van der Waals surface area contributed by atoms with Crippen molar-refractivity contribution in [3.8, 4) is 5.75 Å². The first-order chi connectivity index (χ1) is 15.8. The molecule has 1 N–H and O–H groups in total. The number of aliphatic hydroxyl groups is 1. The zero-order chi connectivity index (χ0) is 23.3. The summed E-state index contributed by atoms with van der Waals surface area (Å²) in [5.74, 6) is -0.781. The molecule has 33 heavy (non-hydrogen) atoms. The Kier molecular flexibility index (Phi) is 5.21. The first-order valence-electron chi connectivity index (χ1n) is 10.8. The van der Waals surface area contributed by atoms with E-state index in [-0.39, 0.29) is 11.3 Å². The summed E-state index contributed by atoms with van der Waals surface area (Å²) in [6.07, 6.45) is 0. The van der Waals surface area contributed by atoms with Gasteiger partial charge in [0.1, 0.15) is 24.2 Å². The van der Waals surface area contributed by atoms with Crippen molar-refractivity contribution >= 4 is 40.2 Å². The molecule has 0 bridgehead atoms. The number of ketones is 1. The summed E-state index contributed by atoms with van der Waals surface area (Å²) in [5, 5.41) is 13.3. The molecule has 3 aromatic rings. The van der Waals surface area contributed by atoms with Gasteiger partial charge in [-0.1, -0.05) is 12.1 Å². The van der Waals surface area contributed by atoms with Gasteiger partial charge in [-0.2, -0.15) is 0 Å². The fourth-order valence-corrected chi connectivity index (χ4v) is 5.38. The molecule has 1 fully saturated rings. The Hall–Kier alpha value is -3.58. The Morgan fingerprint density at radius 1 is 1.09 bits per heavy atom. The van der Waals surface area contributed by atoms with Gasteiger partial charge >= 0.3 is 0 Å². The minimum absolute atomic E-state index is 0.0981. The second kappa shape index (κ2) is 8.08. The minimum Gasteiger partial charge on any atom is -0.507 e. The lowest BCUT2D eigenvalue weighted by atomic mass is 9.99. The summed E-state index contributed by atoms with van der Waals surface area (Å²) in [7, 11) is 1.95. The molecule has 168 valence electrons. The zero-order valence-corrected chi connectivity index (χ0v) is 19.5. The fourth-order valence-electron chi connectivity index (χ4n) is 4.56. The molecule has 1 unspecified atom stereocenters. The number of ether oxygens (including phenoxy) is 1. The van der Waals surface area contributed by atoms with Gasteiger partial charge in [0.25, 0.3) is 11.7 Å². The summed E-state index contributed by atoms with van der Waals surface area (Å²) in [5.41, 5.74) is 4.04. The van der Waals surface area contributed by atoms with Crippen LogP contribution in [0.15, 0.2) is 59.5 Å². The first kappa shape index (κ1) is 21.3. The standard InChI is InChI=1S/C26H24N2O4S/c1-15-11-16(2)13-18(12-15)28-23(21-5-4-10-33-21)22(25(30)26(28)31)24(29)17-6-7-20-19(14-17)27(3)8-9-32-20/h4-7,10-14,23,29H,8-9H2,1-3H3/b24-22-. The highest BCUT2D eigenvalue weighted by Crippen LogP contribution is 2.44. The Labute approximate surface area is 196 Å². The molecule has 2 aliphatic heterocycles. The first-order valence-corrected chi connectivity index (χ1v) is 11.6. The van der Waals surface area contributed by atoms with E-state index in [1.807, 2.05) is 61.5 Å². The number of Topliss-reactive ketones (excluding diaryl/α,β-unsaturated/α-hetero) is 1. The van der Waals surface area contributed by atoms with E-state index in [2.05, 4.69) is 0 Å². The monoisotopic (exact) mass is 460 g/mol. The molecule has 0 aliphatic carbocycles. The molecule has 0 spiro atoms. The zero-order valence-electron chi connectivity index (χ0n) is 18.7. The third-order valence-electron chi connectivity index (χ3n) is 6.07. The largest absolute Gasteiger partial charge is 0.507 e. The predicted molar refractivity (Wildman–Crippen MR) is 130 cm³/mol. The van der Waals surface area contributed by atoms with Gasteiger partial charge in [-0.15, -0.1) is 11.3 Å². The van der Waals surface area contributed by atoms with E-state index in [1.54, 1.807) is 18.2 Å². The van der Waals surface area contributed by atoms with Crippen LogP contribution in [0.25, 0.3) is 5.76 Å². The van der Waals surface area contributed by atoms with Gasteiger partial charge in [0.05, 0.1) is 17.8 Å². The van der Waals surface area contributed by atoms with Gasteiger partial charge in [-0.05, 0) is 66.8 Å². The topological polar surface area (TPSA) is 70.1 Å². The second-order valence-corrected chi connectivity index (χ2v) is 9.46. The molecular formula is C26H24N2O4S. The normalized spacial score (nSPS) is 19.5. The van der Waals surface area contributed by atoms with Gasteiger partial charge < -0.3 is 14.7 Å². The highest BCUT2D eigenvalue weighted by atomic mass is 32.1. The predicted octanol–water partition coefficient (Wildman–Crippen LogP) is 4.82. The van der Waals surface area contributed by atoms with Crippen molar-refractivity contribution < 1.29 is 19.4 Å². The van der Waals surface area contributed by atoms with Crippen LogP contribution in [0.1, 0.15) is 27.6 Å². The highest BCUT2D eigenvalue weighted by Gasteiger charge is 2.47. The van der Waals surface area contributed by atoms with E-state index in [0.29, 0.717) is 17.9 Å². The smallest absolute Gasteiger partial charge is 0.300 e. The third-order valence-corrected chi connectivity index (χ3v) is 6.99. The number of nitrogens with zero attached hydrogens (tertiary/aromatic N) is 2. The Bertz CT molecular complexity index is 1280. The molecule has 6 nitrogen and oxygen atoms in total. The Morgan fingerprint density at radius 3 is 2.55 bits per heavy atom. The number of carbonyl (C=O) groups excluding carboxylic acids is 2. The van der Waals surface area contributed by atoms with Gasteiger partial charge in [0, 0.05) is 23.2 Å². The van der Waals surface area contributed by atoms with Crippen LogP contribution < -0.4 is 14.5 Å². The van der Waals surface area contributed by atoms with E-state index in [0.717, 1.165) is 34.0 Å². The number of carbonyl (C=O) groups is 2. The minimum atomic E-state index is -0.698. The molecule has 0 saturated carbocycles. The molecule has 1 amide bonds. The molecule has 7 heteroatoms. The summed E-state index contributed by atoms with van der Waals surface area (Å²) in [6.45, 7) is 5.23. The maximum atomic E-state index is 13.3. The average Bonchev–Trinajstić information content (AvgIpc) is 3.40. The number of thiophene rings is 1. The third kappa shape index (κ3) is 3.58. The average molecular weight is 461 g/mol. The summed E-state index contributed by atoms with van der Waals surface area (Å²) < 4.78 is 5.70. The van der Waals surface area contributed by atoms with Crippen molar-refractivity contribution in [2.24, 2.45) is 0 Å². The maximum absolute atomic E-state index is 13.3. The number of aryl methyl sites for hydroxylation is 2. The number of rotatable bonds is 3. The second-order valence-electron chi connectivity index (χ2n) is 8.48. The maximum Gasteiger partial charge on any atom is 0.300 e. The number of fused-ring (bicyclic) bond motifs is 1. The van der Waals surface area contributed by atoms with Crippen LogP contribution in [0.5, 0.6) is 5.75 Å². The summed E-state index contributed by atoms with van der Waals surface area (Å²) >= 11 is 1.45. The molecule has 3 heterocycles. The van der Waals surface area contributed by atoms with Crippen LogP contribution in [0.4, 0.5) is 11.4 Å². The van der Waals surface area contributed by atoms with E-state index < -0.39 is 17.7 Å². The van der Waals surface area contributed by atoms with Crippen LogP contribution in [0.2, 0.25) is 0 Å². The molecule has 2 aliphatic rings. The van der Waals surface area contributed by atoms with E-state index in [4.69, 9.17) is 4.74 Å². The van der Waals surface area contributed by atoms with Crippen LogP contribution in [0.3, 0.4) is 0 Å². The molecule has 0 radical (unpaired) electrons. The van der Waals surface area contributed by atoms with Gasteiger partial charge in [-0.25, -0.2) is 0 Å². The molecule has 1 atom stereocenters. The fraction of sp³-hybridized carbons (Fsp3) is 0.231. The van der Waals surface area contributed by atoms with E-state index in [1.165, 1.54) is 16.2 Å². The summed E-state index contributed by atoms with van der Waals surface area (Å²) in [4.78, 5) is 30.9. The van der Waals surface area contributed by atoms with Crippen LogP contribution in [0, 0.1) is 13.8 Å². The van der Waals surface area contributed by atoms with Crippen molar-refractivity contribution in [1.29, 1.82) is 0 Å². The number of aliphatic hydroxyl groups excluding tert-OH is 1. The highest BCUT2D eigenvalue weighted by molar-refractivity contribution is 7.10. The Morgan fingerprint density at radius 2 is 1.85 bits per heavy atom. The molecular weight excluding hydrogens is 436 g/mol. The number of hydrogen-bond acceptors (Lipinski definition) is 6. The number of hydrogen-bond donors (Lipinski definition) is 1. The van der Waals surface area contributed by atoms with Crippen molar-refractivity contribution in [3.63, 3.8) is 0 Å². The molecule has 2 aromatic carbocycles. The van der Waals surface area contributed by atoms with E-state index >= 15 is 0 Å². The lowest BCUT2D eigenvalue weighted by molar-refractivity contribution is -0.132. The summed E-state index contributed by atoms with van der Waals surface area (Å²) in [6, 6.07) is 14.2. The number of likely N-dealkylation sites (N-methyl/N-ethyl adjacent to an activating group) is 1. The van der Waals surface area contributed by atoms with E-state index in [9.17, 15) is 14.7 Å². The number of amides is 1. The molecule has 5 rings (SSSR count).